The third-order valence-corrected chi connectivity index (χ3v) is 1.87. The molecule has 0 heterocycles. The van der Waals surface area contributed by atoms with Gasteiger partial charge < -0.3 is 9.84 Å². The molecule has 0 amide bonds. The fourth-order valence-corrected chi connectivity index (χ4v) is 1.08. The van der Waals surface area contributed by atoms with Crippen LogP contribution in [0.4, 0.5) is 0 Å². The molecule has 0 unspecified atom stereocenters. The third kappa shape index (κ3) is 1.99. The Labute approximate surface area is 77.0 Å². The van der Waals surface area contributed by atoms with E-state index in [0.29, 0.717) is 0 Å². The van der Waals surface area contributed by atoms with Crippen LogP contribution in [0.2, 0.25) is 0 Å². The molecule has 0 spiro atoms. The Morgan fingerprint density at radius 2 is 2.23 bits per heavy atom. The van der Waals surface area contributed by atoms with Crippen LogP contribution in [0.3, 0.4) is 0 Å². The van der Waals surface area contributed by atoms with E-state index in [2.05, 4.69) is 4.74 Å². The summed E-state index contributed by atoms with van der Waals surface area (Å²) >= 11 is 0. The van der Waals surface area contributed by atoms with E-state index >= 15 is 0 Å². The van der Waals surface area contributed by atoms with Gasteiger partial charge in [0.1, 0.15) is 11.3 Å². The molecule has 0 aliphatic heterocycles. The summed E-state index contributed by atoms with van der Waals surface area (Å²) in [6.45, 7) is 1.98. The predicted octanol–water partition coefficient (Wildman–Crippen LogP) is 1.74. The normalized spacial score (nSPS) is 9.69. The molecule has 0 aliphatic carbocycles. The Bertz CT molecular complexity index is 318. The van der Waals surface area contributed by atoms with Crippen molar-refractivity contribution in [3.05, 3.63) is 29.3 Å². The van der Waals surface area contributed by atoms with Gasteiger partial charge in [0.25, 0.3) is 0 Å². The molecular weight excluding hydrogens is 168 g/mol. The standard InChI is InChI=1S/C10H12O3/c1-3-7-4-5-9(11)8(6-7)10(12)13-2/h4-6,11H,3H2,1-2H3. The van der Waals surface area contributed by atoms with Crippen LogP contribution in [-0.2, 0) is 11.2 Å². The minimum atomic E-state index is -0.507. The first-order chi connectivity index (χ1) is 6.19. The van der Waals surface area contributed by atoms with Crippen LogP contribution < -0.4 is 0 Å². The number of methoxy groups -OCH3 is 1. The first-order valence-corrected chi connectivity index (χ1v) is 4.09. The minimum Gasteiger partial charge on any atom is -0.507 e. The Hall–Kier alpha value is -1.51. The van der Waals surface area contributed by atoms with Crippen LogP contribution in [0.5, 0.6) is 5.75 Å². The average Bonchev–Trinajstić information content (AvgIpc) is 2.17. The van der Waals surface area contributed by atoms with E-state index in [-0.39, 0.29) is 11.3 Å². The zero-order chi connectivity index (χ0) is 9.84. The quantitative estimate of drug-likeness (QED) is 0.705. The fourth-order valence-electron chi connectivity index (χ4n) is 1.08. The van der Waals surface area contributed by atoms with Gasteiger partial charge in [0.15, 0.2) is 0 Å². The highest BCUT2D eigenvalue weighted by molar-refractivity contribution is 5.92. The Morgan fingerprint density at radius 1 is 1.54 bits per heavy atom. The van der Waals surface area contributed by atoms with Crippen LogP contribution in [0, 0.1) is 0 Å². The van der Waals surface area contributed by atoms with Crippen molar-refractivity contribution in [2.24, 2.45) is 0 Å². The molecule has 0 saturated heterocycles. The number of carbonyl (C=O) groups excluding carboxylic acids is 1. The van der Waals surface area contributed by atoms with Crippen molar-refractivity contribution in [3.63, 3.8) is 0 Å². The number of carbonyl (C=O) groups is 1. The summed E-state index contributed by atoms with van der Waals surface area (Å²) in [7, 11) is 1.29. The molecule has 0 atom stereocenters. The number of phenolic OH excluding ortho intramolecular Hbond substituents is 1. The predicted molar refractivity (Wildman–Crippen MR) is 48.8 cm³/mol. The summed E-state index contributed by atoms with van der Waals surface area (Å²) in [5, 5.41) is 9.33. The number of rotatable bonds is 2. The number of hydrogen-bond donors (Lipinski definition) is 1. The summed E-state index contributed by atoms with van der Waals surface area (Å²) in [5.41, 5.74) is 1.22. The summed E-state index contributed by atoms with van der Waals surface area (Å²) in [4.78, 5) is 11.1. The van der Waals surface area contributed by atoms with Gasteiger partial charge in [0, 0.05) is 0 Å². The first kappa shape index (κ1) is 9.58. The lowest BCUT2D eigenvalue weighted by molar-refractivity contribution is 0.0597. The molecule has 1 aromatic carbocycles. The van der Waals surface area contributed by atoms with Crippen LogP contribution in [0.25, 0.3) is 0 Å². The van der Waals surface area contributed by atoms with Crippen molar-refractivity contribution in [3.8, 4) is 5.75 Å². The van der Waals surface area contributed by atoms with Crippen molar-refractivity contribution < 1.29 is 14.6 Å². The van der Waals surface area contributed by atoms with Gasteiger partial charge >= 0.3 is 5.97 Å². The highest BCUT2D eigenvalue weighted by Gasteiger charge is 2.10. The summed E-state index contributed by atoms with van der Waals surface area (Å²) in [6, 6.07) is 4.92. The summed E-state index contributed by atoms with van der Waals surface area (Å²) in [5.74, 6) is -0.545. The van der Waals surface area contributed by atoms with E-state index in [4.69, 9.17) is 0 Å². The largest absolute Gasteiger partial charge is 0.507 e. The number of aromatic hydroxyl groups is 1. The van der Waals surface area contributed by atoms with E-state index in [9.17, 15) is 9.90 Å². The lowest BCUT2D eigenvalue weighted by atomic mass is 10.1. The van der Waals surface area contributed by atoms with E-state index in [1.54, 1.807) is 12.1 Å². The molecule has 0 fully saturated rings. The van der Waals surface area contributed by atoms with Crippen molar-refractivity contribution in [2.45, 2.75) is 13.3 Å². The van der Waals surface area contributed by atoms with Crippen LogP contribution in [0.15, 0.2) is 18.2 Å². The molecule has 0 aromatic heterocycles. The first-order valence-electron chi connectivity index (χ1n) is 4.09. The van der Waals surface area contributed by atoms with Gasteiger partial charge in [-0.25, -0.2) is 4.79 Å². The molecule has 1 rings (SSSR count). The van der Waals surface area contributed by atoms with E-state index in [1.807, 2.05) is 6.92 Å². The molecule has 1 N–H and O–H groups in total. The molecule has 0 bridgehead atoms. The van der Waals surface area contributed by atoms with Gasteiger partial charge in [-0.1, -0.05) is 13.0 Å². The molecule has 3 heteroatoms. The second-order valence-electron chi connectivity index (χ2n) is 2.70. The minimum absolute atomic E-state index is 0.0379. The lowest BCUT2D eigenvalue weighted by Crippen LogP contribution is -2.02. The zero-order valence-corrected chi connectivity index (χ0v) is 7.70. The molecule has 70 valence electrons. The van der Waals surface area contributed by atoms with E-state index in [1.165, 1.54) is 13.2 Å². The number of benzene rings is 1. The van der Waals surface area contributed by atoms with Gasteiger partial charge in [0.2, 0.25) is 0 Å². The molecule has 13 heavy (non-hydrogen) atoms. The molecule has 0 saturated carbocycles. The topological polar surface area (TPSA) is 46.5 Å². The Kier molecular flexibility index (Phi) is 2.90. The third-order valence-electron chi connectivity index (χ3n) is 1.87. The smallest absolute Gasteiger partial charge is 0.341 e. The zero-order valence-electron chi connectivity index (χ0n) is 7.70. The van der Waals surface area contributed by atoms with Gasteiger partial charge in [0.05, 0.1) is 7.11 Å². The highest BCUT2D eigenvalue weighted by atomic mass is 16.5. The van der Waals surface area contributed by atoms with Crippen molar-refractivity contribution in [2.75, 3.05) is 7.11 Å². The molecule has 3 nitrogen and oxygen atoms in total. The SMILES string of the molecule is CCc1ccc(O)c(C(=O)OC)c1. The molecular formula is C10H12O3. The monoisotopic (exact) mass is 180 g/mol. The average molecular weight is 180 g/mol. The maximum absolute atomic E-state index is 11.1. The van der Waals surface area contributed by atoms with Gasteiger partial charge in [-0.2, -0.15) is 0 Å². The van der Waals surface area contributed by atoms with Gasteiger partial charge in [-0.3, -0.25) is 0 Å². The van der Waals surface area contributed by atoms with Crippen molar-refractivity contribution in [1.82, 2.24) is 0 Å². The Morgan fingerprint density at radius 3 is 2.77 bits per heavy atom. The maximum atomic E-state index is 11.1. The summed E-state index contributed by atoms with van der Waals surface area (Å²) < 4.78 is 4.52. The maximum Gasteiger partial charge on any atom is 0.341 e. The molecule has 0 radical (unpaired) electrons. The Balaban J connectivity index is 3.11. The second-order valence-corrected chi connectivity index (χ2v) is 2.70. The van der Waals surface area contributed by atoms with Gasteiger partial charge in [-0.15, -0.1) is 0 Å². The second kappa shape index (κ2) is 3.94. The number of ether oxygens (including phenoxy) is 1. The van der Waals surface area contributed by atoms with Crippen molar-refractivity contribution in [1.29, 1.82) is 0 Å². The highest BCUT2D eigenvalue weighted by Crippen LogP contribution is 2.19. The van der Waals surface area contributed by atoms with E-state index in [0.717, 1.165) is 12.0 Å². The fraction of sp³-hybridized carbons (Fsp3) is 0.300. The lowest BCUT2D eigenvalue weighted by Gasteiger charge is -2.04. The van der Waals surface area contributed by atoms with Crippen LogP contribution >= 0.6 is 0 Å². The van der Waals surface area contributed by atoms with Gasteiger partial charge in [-0.05, 0) is 24.1 Å². The number of hydrogen-bond acceptors (Lipinski definition) is 3. The number of esters is 1. The number of phenols is 1. The summed E-state index contributed by atoms with van der Waals surface area (Å²) in [6.07, 6.45) is 0.824. The van der Waals surface area contributed by atoms with Crippen molar-refractivity contribution >= 4 is 5.97 Å². The molecule has 0 aliphatic rings. The van der Waals surface area contributed by atoms with E-state index < -0.39 is 5.97 Å². The van der Waals surface area contributed by atoms with Crippen LogP contribution in [0.1, 0.15) is 22.8 Å². The number of aryl methyl sites for hydroxylation is 1. The molecule has 1 aromatic rings. The van der Waals surface area contributed by atoms with Crippen LogP contribution in [-0.4, -0.2) is 18.2 Å².